The van der Waals surface area contributed by atoms with E-state index in [1.54, 1.807) is 10.4 Å². The molecule has 0 bridgehead atoms. The molecule has 1 heterocycles. The molecule has 1 aromatic heterocycles. The van der Waals surface area contributed by atoms with Crippen molar-refractivity contribution in [3.63, 3.8) is 0 Å². The van der Waals surface area contributed by atoms with Crippen LogP contribution >= 0.6 is 0 Å². The maximum atomic E-state index is 10.3. The van der Waals surface area contributed by atoms with Gasteiger partial charge in [0.2, 0.25) is 0 Å². The molecule has 5 rings (SSSR count). The SMILES string of the molecule is CCc1cc2c(cc1O)CCC1C2CC[C@@]2(C)C1CC[C@@H]2Cc1nnn(C)n1. The average Bonchev–Trinajstić information content (AvgIpc) is 3.24. The summed E-state index contributed by atoms with van der Waals surface area (Å²) in [5.41, 5.74) is 4.47. The number of aromatic hydroxyl groups is 1. The lowest BCUT2D eigenvalue weighted by molar-refractivity contribution is 0.0279. The van der Waals surface area contributed by atoms with Gasteiger partial charge in [-0.3, -0.25) is 0 Å². The first kappa shape index (κ1) is 18.1. The van der Waals surface area contributed by atoms with Gasteiger partial charge in [-0.15, -0.1) is 10.2 Å². The number of phenols is 1. The highest BCUT2D eigenvalue weighted by atomic mass is 16.3. The standard InChI is InChI=1S/C23H32N4O/c1-4-14-11-19-15(12-21(14)28)5-7-18-17(19)9-10-23(2)16(6-8-20(18)23)13-22-24-26-27(3)25-22/h11-12,16-18,20,28H,4-10,13H2,1-3H3/t16-,17?,18?,20?,23-/m1/s1. The third-order valence-corrected chi connectivity index (χ3v) is 8.48. The van der Waals surface area contributed by atoms with Gasteiger partial charge in [0.05, 0.1) is 7.05 Å². The third-order valence-electron chi connectivity index (χ3n) is 8.48. The Morgan fingerprint density at radius 2 is 2.07 bits per heavy atom. The van der Waals surface area contributed by atoms with E-state index in [0.29, 0.717) is 23.0 Å². The highest BCUT2D eigenvalue weighted by Crippen LogP contribution is 2.63. The lowest BCUT2D eigenvalue weighted by atomic mass is 9.54. The van der Waals surface area contributed by atoms with Gasteiger partial charge < -0.3 is 5.11 Å². The zero-order chi connectivity index (χ0) is 19.5. The number of benzene rings is 1. The van der Waals surface area contributed by atoms with Crippen molar-refractivity contribution in [1.82, 2.24) is 20.2 Å². The van der Waals surface area contributed by atoms with Crippen LogP contribution in [0.2, 0.25) is 0 Å². The maximum absolute atomic E-state index is 10.3. The van der Waals surface area contributed by atoms with Crippen molar-refractivity contribution in [3.8, 4) is 5.75 Å². The number of fused-ring (bicyclic) bond motifs is 5. The fraction of sp³-hybridized carbons (Fsp3) is 0.696. The molecule has 3 aliphatic carbocycles. The van der Waals surface area contributed by atoms with Crippen LogP contribution in [0.25, 0.3) is 0 Å². The fourth-order valence-electron chi connectivity index (χ4n) is 7.01. The molecule has 3 unspecified atom stereocenters. The summed E-state index contributed by atoms with van der Waals surface area (Å²) in [4.78, 5) is 1.58. The number of phenolic OH excluding ortho intramolecular Hbond substituents is 1. The van der Waals surface area contributed by atoms with E-state index in [9.17, 15) is 5.11 Å². The molecular formula is C23H32N4O. The molecule has 0 aliphatic heterocycles. The quantitative estimate of drug-likeness (QED) is 0.867. The number of aromatic nitrogens is 4. The van der Waals surface area contributed by atoms with Crippen molar-refractivity contribution in [1.29, 1.82) is 0 Å². The molecule has 2 saturated carbocycles. The van der Waals surface area contributed by atoms with Gasteiger partial charge in [-0.25, -0.2) is 0 Å². The Morgan fingerprint density at radius 1 is 1.21 bits per heavy atom. The summed E-state index contributed by atoms with van der Waals surface area (Å²) < 4.78 is 0. The average molecular weight is 381 g/mol. The molecule has 0 radical (unpaired) electrons. The number of aryl methyl sites for hydroxylation is 3. The van der Waals surface area contributed by atoms with E-state index in [-0.39, 0.29) is 0 Å². The smallest absolute Gasteiger partial charge is 0.175 e. The molecule has 5 heteroatoms. The number of nitrogens with zero attached hydrogens (tertiary/aromatic N) is 4. The first-order chi connectivity index (χ1) is 13.5. The normalized spacial score (nSPS) is 34.0. The van der Waals surface area contributed by atoms with E-state index in [1.165, 1.54) is 37.7 Å². The number of tetrazole rings is 1. The molecule has 1 N–H and O–H groups in total. The fourth-order valence-corrected chi connectivity index (χ4v) is 7.01. The third kappa shape index (κ3) is 2.69. The first-order valence-electron chi connectivity index (χ1n) is 11.1. The molecule has 150 valence electrons. The summed E-state index contributed by atoms with van der Waals surface area (Å²) >= 11 is 0. The van der Waals surface area contributed by atoms with Crippen molar-refractivity contribution in [2.45, 2.75) is 71.1 Å². The van der Waals surface area contributed by atoms with Gasteiger partial charge in [0.1, 0.15) is 5.75 Å². The van der Waals surface area contributed by atoms with Crippen LogP contribution in [0.15, 0.2) is 12.1 Å². The Bertz CT molecular complexity index is 891. The van der Waals surface area contributed by atoms with E-state index < -0.39 is 0 Å². The summed E-state index contributed by atoms with van der Waals surface area (Å²) in [7, 11) is 1.85. The zero-order valence-electron chi connectivity index (χ0n) is 17.4. The van der Waals surface area contributed by atoms with E-state index in [2.05, 4.69) is 41.4 Å². The summed E-state index contributed by atoms with van der Waals surface area (Å²) in [6.45, 7) is 4.69. The van der Waals surface area contributed by atoms with E-state index in [0.717, 1.165) is 42.5 Å². The lowest BCUT2D eigenvalue weighted by Crippen LogP contribution is -2.42. The minimum atomic E-state index is 0.405. The molecule has 5 nitrogen and oxygen atoms in total. The lowest BCUT2D eigenvalue weighted by Gasteiger charge is -2.51. The molecular weight excluding hydrogens is 348 g/mol. The van der Waals surface area contributed by atoms with Crippen molar-refractivity contribution >= 4 is 0 Å². The highest BCUT2D eigenvalue weighted by molar-refractivity contribution is 5.45. The van der Waals surface area contributed by atoms with Crippen molar-refractivity contribution in [2.75, 3.05) is 0 Å². The number of rotatable bonds is 3. The minimum Gasteiger partial charge on any atom is -0.508 e. The summed E-state index contributed by atoms with van der Waals surface area (Å²) in [5.74, 6) is 4.36. The van der Waals surface area contributed by atoms with Crippen LogP contribution in [-0.4, -0.2) is 25.3 Å². The molecule has 2 fully saturated rings. The van der Waals surface area contributed by atoms with Crippen LogP contribution in [-0.2, 0) is 26.3 Å². The molecule has 2 aromatic rings. The molecule has 3 aliphatic rings. The minimum absolute atomic E-state index is 0.405. The molecule has 1 aromatic carbocycles. The summed E-state index contributed by atoms with van der Waals surface area (Å²) in [5, 5.41) is 23.1. The Kier molecular flexibility index (Phi) is 4.25. The molecule has 5 atom stereocenters. The van der Waals surface area contributed by atoms with Gasteiger partial charge >= 0.3 is 0 Å². The molecule has 0 saturated heterocycles. The Morgan fingerprint density at radius 3 is 2.82 bits per heavy atom. The second-order valence-corrected chi connectivity index (χ2v) is 9.67. The van der Waals surface area contributed by atoms with E-state index in [4.69, 9.17) is 0 Å². The van der Waals surface area contributed by atoms with Crippen LogP contribution in [0.4, 0.5) is 0 Å². The number of hydrogen-bond donors (Lipinski definition) is 1. The Labute approximate surface area is 167 Å². The van der Waals surface area contributed by atoms with Crippen molar-refractivity contribution in [2.24, 2.45) is 30.2 Å². The van der Waals surface area contributed by atoms with Gasteiger partial charge in [-0.1, -0.05) is 19.9 Å². The molecule has 0 amide bonds. The predicted molar refractivity (Wildman–Crippen MR) is 108 cm³/mol. The van der Waals surface area contributed by atoms with Crippen molar-refractivity contribution < 1.29 is 5.11 Å². The number of hydrogen-bond acceptors (Lipinski definition) is 4. The monoisotopic (exact) mass is 380 g/mol. The van der Waals surface area contributed by atoms with Crippen LogP contribution < -0.4 is 0 Å². The van der Waals surface area contributed by atoms with Crippen LogP contribution in [0.5, 0.6) is 5.75 Å². The second kappa shape index (κ2) is 6.57. The summed E-state index contributed by atoms with van der Waals surface area (Å²) in [6, 6.07) is 4.40. The zero-order valence-corrected chi connectivity index (χ0v) is 17.4. The van der Waals surface area contributed by atoms with Gasteiger partial charge in [0.15, 0.2) is 5.82 Å². The largest absolute Gasteiger partial charge is 0.508 e. The van der Waals surface area contributed by atoms with Gasteiger partial charge in [-0.05, 0) is 102 Å². The van der Waals surface area contributed by atoms with E-state index >= 15 is 0 Å². The highest BCUT2D eigenvalue weighted by Gasteiger charge is 2.54. The summed E-state index contributed by atoms with van der Waals surface area (Å²) in [6.07, 6.45) is 9.50. The molecule has 0 spiro atoms. The first-order valence-corrected chi connectivity index (χ1v) is 11.1. The van der Waals surface area contributed by atoms with Crippen LogP contribution in [0.3, 0.4) is 0 Å². The topological polar surface area (TPSA) is 63.8 Å². The Hall–Kier alpha value is -1.91. The predicted octanol–water partition coefficient (Wildman–Crippen LogP) is 4.19. The van der Waals surface area contributed by atoms with Gasteiger partial charge in [-0.2, -0.15) is 4.80 Å². The van der Waals surface area contributed by atoms with Gasteiger partial charge in [0.25, 0.3) is 0 Å². The molecule has 28 heavy (non-hydrogen) atoms. The Balaban J connectivity index is 1.42. The van der Waals surface area contributed by atoms with Gasteiger partial charge in [0, 0.05) is 6.42 Å². The van der Waals surface area contributed by atoms with E-state index in [1.807, 2.05) is 7.05 Å². The van der Waals surface area contributed by atoms with Crippen LogP contribution in [0.1, 0.15) is 74.4 Å². The van der Waals surface area contributed by atoms with Crippen molar-refractivity contribution in [3.05, 3.63) is 34.6 Å². The second-order valence-electron chi connectivity index (χ2n) is 9.67. The maximum Gasteiger partial charge on any atom is 0.175 e. The van der Waals surface area contributed by atoms with Crippen LogP contribution in [0, 0.1) is 23.2 Å².